The fourth-order valence-corrected chi connectivity index (χ4v) is 1.58. The molecule has 20 heavy (non-hydrogen) atoms. The minimum atomic E-state index is -4.74. The molecule has 0 aliphatic heterocycles. The van der Waals surface area contributed by atoms with Crippen LogP contribution < -0.4 is 0 Å². The summed E-state index contributed by atoms with van der Waals surface area (Å²) in [5.74, 6) is -2.15. The Labute approximate surface area is 116 Å². The van der Waals surface area contributed by atoms with E-state index in [4.69, 9.17) is 4.74 Å². The first-order valence-electron chi connectivity index (χ1n) is 6.28. The van der Waals surface area contributed by atoms with Crippen LogP contribution in [-0.2, 0) is 16.1 Å². The van der Waals surface area contributed by atoms with Crippen LogP contribution in [0.5, 0.6) is 0 Å². The Balaban J connectivity index is 2.23. The monoisotopic (exact) mass is 286 g/mol. The van der Waals surface area contributed by atoms with Gasteiger partial charge < -0.3 is 4.74 Å². The van der Waals surface area contributed by atoms with E-state index >= 15 is 0 Å². The molecule has 0 aliphatic carbocycles. The summed E-state index contributed by atoms with van der Waals surface area (Å²) >= 11 is 0. The second-order valence-electron chi connectivity index (χ2n) is 4.53. The van der Waals surface area contributed by atoms with Crippen LogP contribution in [0.2, 0.25) is 0 Å². The standard InChI is InChI=1S/C15H17F3O2/c1-12(10-14(19)15(16,17)18)6-5-9-20-11-13-7-3-2-4-8-13/h2-8,12H,9-11H2,1H3/b6-5+/t12-/m1/s1. The summed E-state index contributed by atoms with van der Waals surface area (Å²) < 4.78 is 41.5. The molecular weight excluding hydrogens is 269 g/mol. The lowest BCUT2D eigenvalue weighted by Gasteiger charge is -2.08. The van der Waals surface area contributed by atoms with E-state index < -0.39 is 24.3 Å². The molecule has 0 amide bonds. The van der Waals surface area contributed by atoms with E-state index in [2.05, 4.69) is 0 Å². The van der Waals surface area contributed by atoms with Crippen molar-refractivity contribution in [1.82, 2.24) is 0 Å². The number of hydrogen-bond donors (Lipinski definition) is 0. The number of halogens is 3. The number of carbonyl (C=O) groups is 1. The van der Waals surface area contributed by atoms with Gasteiger partial charge in [-0.1, -0.05) is 49.4 Å². The predicted molar refractivity (Wildman–Crippen MR) is 70.1 cm³/mol. The van der Waals surface area contributed by atoms with Gasteiger partial charge in [-0.3, -0.25) is 4.79 Å². The zero-order chi connectivity index (χ0) is 15.0. The molecule has 0 spiro atoms. The molecule has 0 saturated heterocycles. The molecule has 0 fully saturated rings. The fourth-order valence-electron chi connectivity index (χ4n) is 1.58. The average molecular weight is 286 g/mol. The molecule has 0 bridgehead atoms. The molecule has 110 valence electrons. The van der Waals surface area contributed by atoms with Crippen LogP contribution in [0, 0.1) is 5.92 Å². The Morgan fingerprint density at radius 2 is 1.95 bits per heavy atom. The SMILES string of the molecule is C[C@H](/C=C/COCc1ccccc1)CC(=O)C(F)(F)F. The molecule has 0 unspecified atom stereocenters. The second kappa shape index (κ2) is 7.85. The summed E-state index contributed by atoms with van der Waals surface area (Å²) in [6, 6.07) is 9.56. The van der Waals surface area contributed by atoms with Crippen LogP contribution in [0.4, 0.5) is 13.2 Å². The van der Waals surface area contributed by atoms with Crippen molar-refractivity contribution < 1.29 is 22.7 Å². The van der Waals surface area contributed by atoms with Crippen molar-refractivity contribution >= 4 is 5.78 Å². The van der Waals surface area contributed by atoms with Gasteiger partial charge in [0.15, 0.2) is 0 Å². The van der Waals surface area contributed by atoms with Gasteiger partial charge in [-0.15, -0.1) is 0 Å². The first kappa shape index (κ1) is 16.4. The number of ketones is 1. The topological polar surface area (TPSA) is 26.3 Å². The average Bonchev–Trinajstić information content (AvgIpc) is 2.38. The minimum absolute atomic E-state index is 0.305. The number of allylic oxidation sites excluding steroid dienone is 1. The molecule has 1 aromatic rings. The molecular formula is C15H17F3O2. The smallest absolute Gasteiger partial charge is 0.373 e. The van der Waals surface area contributed by atoms with Gasteiger partial charge in [0.1, 0.15) is 0 Å². The van der Waals surface area contributed by atoms with Crippen molar-refractivity contribution in [2.24, 2.45) is 5.92 Å². The number of carbonyl (C=O) groups excluding carboxylic acids is 1. The van der Waals surface area contributed by atoms with Crippen molar-refractivity contribution in [1.29, 1.82) is 0 Å². The fraction of sp³-hybridized carbons (Fsp3) is 0.400. The largest absolute Gasteiger partial charge is 0.449 e. The molecule has 0 aromatic heterocycles. The van der Waals surface area contributed by atoms with Crippen LogP contribution in [-0.4, -0.2) is 18.6 Å². The maximum atomic E-state index is 12.0. The number of hydrogen-bond acceptors (Lipinski definition) is 2. The summed E-state index contributed by atoms with van der Waals surface area (Å²) in [7, 11) is 0. The highest BCUT2D eigenvalue weighted by molar-refractivity contribution is 5.84. The molecule has 1 aromatic carbocycles. The van der Waals surface area contributed by atoms with Gasteiger partial charge in [-0.05, 0) is 11.5 Å². The first-order chi connectivity index (χ1) is 9.39. The Hall–Kier alpha value is -1.62. The van der Waals surface area contributed by atoms with Gasteiger partial charge in [0.2, 0.25) is 5.78 Å². The maximum Gasteiger partial charge on any atom is 0.449 e. The van der Waals surface area contributed by atoms with Crippen molar-refractivity contribution in [3.05, 3.63) is 48.0 Å². The lowest BCUT2D eigenvalue weighted by atomic mass is 10.0. The van der Waals surface area contributed by atoms with Gasteiger partial charge in [-0.25, -0.2) is 0 Å². The summed E-state index contributed by atoms with van der Waals surface area (Å²) in [6.07, 6.45) is -2.07. The summed E-state index contributed by atoms with van der Waals surface area (Å²) in [6.45, 7) is 2.32. The van der Waals surface area contributed by atoms with E-state index in [-0.39, 0.29) is 0 Å². The third-order valence-corrected chi connectivity index (χ3v) is 2.61. The Bertz CT molecular complexity index is 438. The van der Waals surface area contributed by atoms with E-state index in [1.807, 2.05) is 30.3 Å². The van der Waals surface area contributed by atoms with Gasteiger partial charge in [0.25, 0.3) is 0 Å². The predicted octanol–water partition coefficient (Wildman–Crippen LogP) is 3.92. The van der Waals surface area contributed by atoms with Crippen LogP contribution in [0.3, 0.4) is 0 Å². The van der Waals surface area contributed by atoms with E-state index in [0.717, 1.165) is 5.56 Å². The lowest BCUT2D eigenvalue weighted by molar-refractivity contribution is -0.171. The molecule has 0 saturated carbocycles. The van der Waals surface area contributed by atoms with Gasteiger partial charge in [0, 0.05) is 6.42 Å². The summed E-state index contributed by atoms with van der Waals surface area (Å²) in [4.78, 5) is 10.8. The Kier molecular flexibility index (Phi) is 6.45. The molecule has 1 atom stereocenters. The molecule has 2 nitrogen and oxygen atoms in total. The van der Waals surface area contributed by atoms with Crippen LogP contribution >= 0.6 is 0 Å². The van der Waals surface area contributed by atoms with Crippen molar-refractivity contribution in [2.75, 3.05) is 6.61 Å². The molecule has 0 radical (unpaired) electrons. The quantitative estimate of drug-likeness (QED) is 0.561. The van der Waals surface area contributed by atoms with E-state index in [1.54, 1.807) is 19.1 Å². The van der Waals surface area contributed by atoms with Gasteiger partial charge >= 0.3 is 6.18 Å². The minimum Gasteiger partial charge on any atom is -0.373 e. The molecule has 5 heteroatoms. The number of benzene rings is 1. The van der Waals surface area contributed by atoms with Crippen molar-refractivity contribution in [2.45, 2.75) is 26.1 Å². The van der Waals surface area contributed by atoms with Crippen LogP contribution in [0.25, 0.3) is 0 Å². The van der Waals surface area contributed by atoms with Crippen molar-refractivity contribution in [3.63, 3.8) is 0 Å². The van der Waals surface area contributed by atoms with E-state index in [0.29, 0.717) is 13.2 Å². The van der Waals surface area contributed by atoms with Crippen LogP contribution in [0.1, 0.15) is 18.9 Å². The first-order valence-corrected chi connectivity index (χ1v) is 6.28. The molecule has 1 rings (SSSR count). The third kappa shape index (κ3) is 6.52. The van der Waals surface area contributed by atoms with E-state index in [1.165, 1.54) is 0 Å². The summed E-state index contributed by atoms with van der Waals surface area (Å²) in [5, 5.41) is 0. The Morgan fingerprint density at radius 1 is 1.30 bits per heavy atom. The van der Waals surface area contributed by atoms with E-state index in [9.17, 15) is 18.0 Å². The number of alkyl halides is 3. The molecule has 0 heterocycles. The third-order valence-electron chi connectivity index (χ3n) is 2.61. The molecule has 0 N–H and O–H groups in total. The highest BCUT2D eigenvalue weighted by Gasteiger charge is 2.38. The number of ether oxygens (including phenoxy) is 1. The summed E-state index contributed by atoms with van der Waals surface area (Å²) in [5.41, 5.74) is 1.03. The van der Waals surface area contributed by atoms with Crippen LogP contribution in [0.15, 0.2) is 42.5 Å². The Morgan fingerprint density at radius 3 is 2.55 bits per heavy atom. The molecule has 0 aliphatic rings. The second-order valence-corrected chi connectivity index (χ2v) is 4.53. The highest BCUT2D eigenvalue weighted by atomic mass is 19.4. The van der Waals surface area contributed by atoms with Gasteiger partial charge in [-0.2, -0.15) is 13.2 Å². The zero-order valence-electron chi connectivity index (χ0n) is 11.2. The zero-order valence-corrected chi connectivity index (χ0v) is 11.2. The van der Waals surface area contributed by atoms with Gasteiger partial charge in [0.05, 0.1) is 13.2 Å². The lowest BCUT2D eigenvalue weighted by Crippen LogP contribution is -2.24. The maximum absolute atomic E-state index is 12.0. The normalized spacial score (nSPS) is 13.6. The number of Topliss-reactive ketones (excluding diaryl/α,β-unsaturated/α-hetero) is 1. The van der Waals surface area contributed by atoms with Crippen molar-refractivity contribution in [3.8, 4) is 0 Å². The highest BCUT2D eigenvalue weighted by Crippen LogP contribution is 2.20. The number of rotatable bonds is 7.